The van der Waals surface area contributed by atoms with Crippen molar-refractivity contribution in [3.8, 4) is 6.07 Å². The minimum atomic E-state index is -0.683. The topological polar surface area (TPSA) is 61.8 Å². The molecular weight excluding hydrogens is 348 g/mol. The van der Waals surface area contributed by atoms with Crippen LogP contribution in [0.25, 0.3) is 10.8 Å². The molecule has 1 saturated heterocycles. The summed E-state index contributed by atoms with van der Waals surface area (Å²) < 4.78 is 0. The lowest BCUT2D eigenvalue weighted by atomic mass is 9.98. The molecule has 28 heavy (non-hydrogen) atoms. The van der Waals surface area contributed by atoms with Crippen LogP contribution in [0.3, 0.4) is 0 Å². The van der Waals surface area contributed by atoms with Crippen LogP contribution in [0.1, 0.15) is 25.3 Å². The highest BCUT2D eigenvalue weighted by Crippen LogP contribution is 2.39. The molecule has 0 bridgehead atoms. The zero-order valence-corrected chi connectivity index (χ0v) is 16.6. The van der Waals surface area contributed by atoms with E-state index in [1.807, 2.05) is 6.92 Å². The summed E-state index contributed by atoms with van der Waals surface area (Å²) in [6, 6.07) is 17.5. The van der Waals surface area contributed by atoms with E-state index in [0.29, 0.717) is 12.5 Å². The van der Waals surface area contributed by atoms with Gasteiger partial charge < -0.3 is 15.1 Å². The lowest BCUT2D eigenvalue weighted by Gasteiger charge is -2.30. The first-order chi connectivity index (χ1) is 13.6. The van der Waals surface area contributed by atoms with E-state index in [-0.39, 0.29) is 5.91 Å². The van der Waals surface area contributed by atoms with Crippen LogP contribution in [0.15, 0.2) is 42.5 Å². The standard InChI is InChI=1S/C23H28N4O/c1-23(17-24,20-9-10-20)25-22(28)16-27-13-11-26(12-14-27)15-19-7-4-6-18-5-2-3-8-21(18)19/h2-8,20H,9-16H2,1H3,(H,25,28)/p+2/t23-/m1/s1. The number of piperazine rings is 1. The highest BCUT2D eigenvalue weighted by atomic mass is 16.2. The third-order valence-corrected chi connectivity index (χ3v) is 6.42. The first-order valence-electron chi connectivity index (χ1n) is 10.4. The molecule has 2 fully saturated rings. The molecule has 2 aromatic carbocycles. The van der Waals surface area contributed by atoms with Gasteiger partial charge in [0.05, 0.1) is 6.07 Å². The van der Waals surface area contributed by atoms with Gasteiger partial charge in [-0.25, -0.2) is 0 Å². The quantitative estimate of drug-likeness (QED) is 0.659. The molecule has 5 heteroatoms. The smallest absolute Gasteiger partial charge is 0.276 e. The Bertz CT molecular complexity index is 888. The Morgan fingerprint density at radius 1 is 1.11 bits per heavy atom. The van der Waals surface area contributed by atoms with Crippen LogP contribution in [0.4, 0.5) is 0 Å². The molecule has 1 aliphatic heterocycles. The Morgan fingerprint density at radius 2 is 1.79 bits per heavy atom. The third kappa shape index (κ3) is 4.19. The molecule has 0 spiro atoms. The van der Waals surface area contributed by atoms with Crippen molar-refractivity contribution in [2.75, 3.05) is 32.7 Å². The van der Waals surface area contributed by atoms with Gasteiger partial charge in [-0.15, -0.1) is 0 Å². The molecule has 0 aromatic heterocycles. The first-order valence-corrected chi connectivity index (χ1v) is 10.4. The van der Waals surface area contributed by atoms with E-state index in [9.17, 15) is 10.1 Å². The molecule has 2 aromatic rings. The van der Waals surface area contributed by atoms with Crippen LogP contribution in [0.2, 0.25) is 0 Å². The van der Waals surface area contributed by atoms with Gasteiger partial charge in [-0.1, -0.05) is 42.5 Å². The summed E-state index contributed by atoms with van der Waals surface area (Å²) in [4.78, 5) is 15.4. The number of amides is 1. The molecule has 5 nitrogen and oxygen atoms in total. The van der Waals surface area contributed by atoms with Gasteiger partial charge in [0.15, 0.2) is 6.54 Å². The second-order valence-corrected chi connectivity index (χ2v) is 8.63. The number of benzene rings is 2. The van der Waals surface area contributed by atoms with Crippen LogP contribution < -0.4 is 15.1 Å². The zero-order chi connectivity index (χ0) is 19.6. The molecular formula is C23H30N4O+2. The van der Waals surface area contributed by atoms with E-state index in [1.54, 1.807) is 4.90 Å². The molecule has 1 aliphatic carbocycles. The number of rotatable bonds is 6. The Balaban J connectivity index is 1.29. The SMILES string of the molecule is C[C@](C#N)(NC(=O)C[NH+]1CC[NH+](Cc2cccc3ccccc23)CC1)C1CC1. The maximum absolute atomic E-state index is 12.4. The van der Waals surface area contributed by atoms with Crippen molar-refractivity contribution in [2.45, 2.75) is 31.8 Å². The summed E-state index contributed by atoms with van der Waals surface area (Å²) in [6.07, 6.45) is 2.10. The number of nitriles is 1. The first kappa shape index (κ1) is 18.9. The van der Waals surface area contributed by atoms with Crippen LogP contribution in [0, 0.1) is 17.2 Å². The van der Waals surface area contributed by atoms with E-state index in [2.05, 4.69) is 53.9 Å². The minimum absolute atomic E-state index is 0.0171. The maximum atomic E-state index is 12.4. The van der Waals surface area contributed by atoms with E-state index >= 15 is 0 Å². The second-order valence-electron chi connectivity index (χ2n) is 8.63. The number of hydrogen-bond donors (Lipinski definition) is 3. The van der Waals surface area contributed by atoms with Gasteiger partial charge in [-0.2, -0.15) is 5.26 Å². The number of nitrogens with zero attached hydrogens (tertiary/aromatic N) is 1. The molecule has 1 atom stereocenters. The molecule has 0 radical (unpaired) electrons. The number of fused-ring (bicyclic) bond motifs is 1. The van der Waals surface area contributed by atoms with Crippen molar-refractivity contribution in [3.05, 3.63) is 48.0 Å². The van der Waals surface area contributed by atoms with E-state index in [4.69, 9.17) is 0 Å². The average molecular weight is 379 g/mol. The minimum Gasteiger partial charge on any atom is -0.333 e. The van der Waals surface area contributed by atoms with Gasteiger partial charge in [0, 0.05) is 5.56 Å². The fourth-order valence-corrected chi connectivity index (χ4v) is 4.47. The number of carbonyl (C=O) groups is 1. The average Bonchev–Trinajstić information content (AvgIpc) is 3.55. The van der Waals surface area contributed by atoms with E-state index < -0.39 is 5.54 Å². The molecule has 1 heterocycles. The second kappa shape index (κ2) is 7.90. The van der Waals surface area contributed by atoms with Crippen molar-refractivity contribution >= 4 is 16.7 Å². The van der Waals surface area contributed by atoms with E-state index in [0.717, 1.165) is 45.6 Å². The van der Waals surface area contributed by atoms with Crippen LogP contribution in [-0.2, 0) is 11.3 Å². The lowest BCUT2D eigenvalue weighted by molar-refractivity contribution is -1.02. The Hall–Kier alpha value is -2.42. The summed E-state index contributed by atoms with van der Waals surface area (Å²) in [5.74, 6) is 0.349. The number of hydrogen-bond acceptors (Lipinski definition) is 2. The summed E-state index contributed by atoms with van der Waals surface area (Å²) in [6.45, 7) is 7.53. The summed E-state index contributed by atoms with van der Waals surface area (Å²) in [7, 11) is 0. The van der Waals surface area contributed by atoms with Gasteiger partial charge in [0.1, 0.15) is 38.3 Å². The predicted octanol–water partition coefficient (Wildman–Crippen LogP) is -0.0683. The van der Waals surface area contributed by atoms with Crippen molar-refractivity contribution in [2.24, 2.45) is 5.92 Å². The number of carbonyl (C=O) groups excluding carboxylic acids is 1. The highest BCUT2D eigenvalue weighted by molar-refractivity contribution is 5.85. The number of nitrogens with one attached hydrogen (secondary N) is 3. The van der Waals surface area contributed by atoms with Gasteiger partial charge in [0.25, 0.3) is 5.91 Å². The predicted molar refractivity (Wildman–Crippen MR) is 109 cm³/mol. The summed E-state index contributed by atoms with van der Waals surface area (Å²) in [5.41, 5.74) is 0.723. The summed E-state index contributed by atoms with van der Waals surface area (Å²) >= 11 is 0. The highest BCUT2D eigenvalue weighted by Gasteiger charge is 2.43. The molecule has 1 saturated carbocycles. The molecule has 146 valence electrons. The van der Waals surface area contributed by atoms with E-state index in [1.165, 1.54) is 21.2 Å². The largest absolute Gasteiger partial charge is 0.333 e. The monoisotopic (exact) mass is 378 g/mol. The van der Waals surface area contributed by atoms with Gasteiger partial charge in [0.2, 0.25) is 0 Å². The number of quaternary nitrogens is 2. The van der Waals surface area contributed by atoms with Crippen molar-refractivity contribution in [3.63, 3.8) is 0 Å². The van der Waals surface area contributed by atoms with Crippen molar-refractivity contribution in [1.82, 2.24) is 5.32 Å². The summed E-state index contributed by atoms with van der Waals surface area (Å²) in [5, 5.41) is 15.1. The van der Waals surface area contributed by atoms with Crippen LogP contribution >= 0.6 is 0 Å². The fraction of sp³-hybridized carbons (Fsp3) is 0.478. The Labute approximate surface area is 166 Å². The van der Waals surface area contributed by atoms with Crippen LogP contribution in [0.5, 0.6) is 0 Å². The molecule has 1 amide bonds. The molecule has 2 aliphatic rings. The molecule has 3 N–H and O–H groups in total. The molecule has 0 unspecified atom stereocenters. The maximum Gasteiger partial charge on any atom is 0.276 e. The van der Waals surface area contributed by atoms with Gasteiger partial charge in [-0.05, 0) is 36.5 Å². The van der Waals surface area contributed by atoms with Gasteiger partial charge in [-0.3, -0.25) is 4.79 Å². The lowest BCUT2D eigenvalue weighted by Crippen LogP contribution is -3.28. The molecule has 4 rings (SSSR count). The Kier molecular flexibility index (Phi) is 5.34. The van der Waals surface area contributed by atoms with Crippen molar-refractivity contribution < 1.29 is 14.6 Å². The third-order valence-electron chi connectivity index (χ3n) is 6.42. The normalized spacial score (nSPS) is 24.3. The van der Waals surface area contributed by atoms with Crippen molar-refractivity contribution in [1.29, 1.82) is 5.26 Å². The Morgan fingerprint density at radius 3 is 2.50 bits per heavy atom. The fourth-order valence-electron chi connectivity index (χ4n) is 4.47. The zero-order valence-electron chi connectivity index (χ0n) is 16.6. The van der Waals surface area contributed by atoms with Crippen LogP contribution in [-0.4, -0.2) is 44.2 Å². The van der Waals surface area contributed by atoms with Gasteiger partial charge >= 0.3 is 0 Å².